The van der Waals surface area contributed by atoms with E-state index in [1.165, 1.54) is 0 Å². The molecule has 5 heteroatoms. The van der Waals surface area contributed by atoms with Crippen molar-refractivity contribution in [3.63, 3.8) is 0 Å². The summed E-state index contributed by atoms with van der Waals surface area (Å²) in [6, 6.07) is -0.784. The van der Waals surface area contributed by atoms with Crippen molar-refractivity contribution in [2.24, 2.45) is 11.7 Å². The zero-order valence-corrected chi connectivity index (χ0v) is 10.2. The first-order chi connectivity index (χ1) is 6.41. The third-order valence-electron chi connectivity index (χ3n) is 2.38. The van der Waals surface area contributed by atoms with Gasteiger partial charge in [-0.15, -0.1) is 0 Å². The molecule has 1 saturated heterocycles. The molecule has 0 aliphatic carbocycles. The highest BCUT2D eigenvalue weighted by molar-refractivity contribution is 7.18. The molecule has 3 N–H and O–H groups in total. The normalized spacial score (nSPS) is 33.2. The van der Waals surface area contributed by atoms with Crippen LogP contribution in [0.1, 0.15) is 33.6 Å². The van der Waals surface area contributed by atoms with Crippen molar-refractivity contribution in [1.29, 1.82) is 0 Å². The molecule has 86 valence electrons. The molecular formula is C9H21F2N2P. The van der Waals surface area contributed by atoms with E-state index < -0.39 is 11.7 Å². The summed E-state index contributed by atoms with van der Waals surface area (Å²) in [5, 5.41) is 2.71. The summed E-state index contributed by atoms with van der Waals surface area (Å²) in [5.74, 6) is 0.286. The van der Waals surface area contributed by atoms with Gasteiger partial charge in [-0.05, 0) is 18.8 Å². The van der Waals surface area contributed by atoms with E-state index in [2.05, 4.69) is 5.32 Å². The second kappa shape index (κ2) is 5.94. The number of nitrogens with two attached hydrogens (primary N) is 1. The SMILES string of the molecule is CC.CC1CCC(C(F)(F)P)NC1N. The van der Waals surface area contributed by atoms with Crippen LogP contribution in [0.4, 0.5) is 8.78 Å². The van der Waals surface area contributed by atoms with Gasteiger partial charge in [-0.1, -0.05) is 30.0 Å². The van der Waals surface area contributed by atoms with Crippen LogP contribution >= 0.6 is 9.24 Å². The van der Waals surface area contributed by atoms with Gasteiger partial charge in [0.25, 0.3) is 5.66 Å². The maximum Gasteiger partial charge on any atom is 0.273 e. The summed E-state index contributed by atoms with van der Waals surface area (Å²) in [7, 11) is 1.56. The van der Waals surface area contributed by atoms with Crippen LogP contribution in [-0.4, -0.2) is 17.9 Å². The van der Waals surface area contributed by atoms with Crippen molar-refractivity contribution in [3.05, 3.63) is 0 Å². The molecule has 4 atom stereocenters. The number of hydrogen-bond acceptors (Lipinski definition) is 2. The van der Waals surface area contributed by atoms with Gasteiger partial charge in [0, 0.05) is 0 Å². The molecular weight excluding hydrogens is 205 g/mol. The molecule has 14 heavy (non-hydrogen) atoms. The van der Waals surface area contributed by atoms with E-state index in [9.17, 15) is 8.78 Å². The highest BCUT2D eigenvalue weighted by atomic mass is 31.0. The molecule has 0 saturated carbocycles. The number of hydrogen-bond donors (Lipinski definition) is 2. The molecule has 1 rings (SSSR count). The van der Waals surface area contributed by atoms with Gasteiger partial charge >= 0.3 is 0 Å². The van der Waals surface area contributed by atoms with Gasteiger partial charge < -0.3 is 5.73 Å². The molecule has 1 heterocycles. The lowest BCUT2D eigenvalue weighted by Crippen LogP contribution is -2.56. The lowest BCUT2D eigenvalue weighted by Gasteiger charge is -2.36. The predicted molar refractivity (Wildman–Crippen MR) is 59.3 cm³/mol. The smallest absolute Gasteiger partial charge is 0.273 e. The molecule has 1 fully saturated rings. The number of halogens is 2. The fourth-order valence-corrected chi connectivity index (χ4v) is 1.66. The molecule has 4 unspecified atom stereocenters. The highest BCUT2D eigenvalue weighted by Gasteiger charge is 2.38. The molecule has 1 aliphatic heterocycles. The minimum Gasteiger partial charge on any atom is -0.316 e. The maximum atomic E-state index is 12.8. The van der Waals surface area contributed by atoms with Gasteiger partial charge in [-0.25, -0.2) is 8.78 Å². The van der Waals surface area contributed by atoms with Crippen LogP contribution in [0.3, 0.4) is 0 Å². The van der Waals surface area contributed by atoms with Gasteiger partial charge in [-0.2, -0.15) is 0 Å². The van der Waals surface area contributed by atoms with Crippen LogP contribution < -0.4 is 11.1 Å². The molecule has 0 aromatic carbocycles. The Hall–Kier alpha value is 0.210. The molecule has 1 aliphatic rings. The molecule has 0 amide bonds. The van der Waals surface area contributed by atoms with E-state index in [1.807, 2.05) is 20.8 Å². The third kappa shape index (κ3) is 4.16. The topological polar surface area (TPSA) is 38.0 Å². The first kappa shape index (κ1) is 14.2. The van der Waals surface area contributed by atoms with Crippen LogP contribution in [0, 0.1) is 5.92 Å². The fourth-order valence-electron chi connectivity index (χ4n) is 1.39. The van der Waals surface area contributed by atoms with Gasteiger partial charge in [0.05, 0.1) is 12.2 Å². The summed E-state index contributed by atoms with van der Waals surface area (Å²) in [5.41, 5.74) is 2.87. The highest BCUT2D eigenvalue weighted by Crippen LogP contribution is 2.32. The fraction of sp³-hybridized carbons (Fsp3) is 1.00. The second-order valence-electron chi connectivity index (χ2n) is 3.47. The quantitative estimate of drug-likeness (QED) is 0.672. The van der Waals surface area contributed by atoms with Crippen molar-refractivity contribution >= 4 is 9.24 Å². The second-order valence-corrected chi connectivity index (χ2v) is 4.24. The number of rotatable bonds is 1. The molecule has 2 nitrogen and oxygen atoms in total. The largest absolute Gasteiger partial charge is 0.316 e. The van der Waals surface area contributed by atoms with Gasteiger partial charge in [0.1, 0.15) is 0 Å². The van der Waals surface area contributed by atoms with Gasteiger partial charge in [0.15, 0.2) is 0 Å². The minimum absolute atomic E-state index is 0.286. The number of nitrogens with one attached hydrogen (secondary N) is 1. The van der Waals surface area contributed by atoms with Crippen molar-refractivity contribution in [2.45, 2.75) is 51.5 Å². The Kier molecular flexibility index (Phi) is 6.03. The van der Waals surface area contributed by atoms with Crippen LogP contribution in [0.25, 0.3) is 0 Å². The van der Waals surface area contributed by atoms with Crippen LogP contribution in [-0.2, 0) is 0 Å². The predicted octanol–water partition coefficient (Wildman–Crippen LogP) is 2.15. The van der Waals surface area contributed by atoms with Crippen LogP contribution in [0.15, 0.2) is 0 Å². The Labute approximate surface area is 87.2 Å². The zero-order valence-electron chi connectivity index (χ0n) is 9.06. The van der Waals surface area contributed by atoms with Crippen molar-refractivity contribution in [3.8, 4) is 0 Å². The molecule has 0 aromatic rings. The molecule has 0 radical (unpaired) electrons. The Morgan fingerprint density at radius 2 is 1.86 bits per heavy atom. The van der Waals surface area contributed by atoms with Gasteiger partial charge in [0.2, 0.25) is 0 Å². The third-order valence-corrected chi connectivity index (χ3v) is 2.78. The molecule has 0 aromatic heterocycles. The van der Waals surface area contributed by atoms with E-state index in [0.29, 0.717) is 6.42 Å². The van der Waals surface area contributed by atoms with E-state index in [0.717, 1.165) is 6.42 Å². The Morgan fingerprint density at radius 3 is 2.21 bits per heavy atom. The Bertz CT molecular complexity index is 161. The molecule has 0 spiro atoms. The van der Waals surface area contributed by atoms with Crippen molar-refractivity contribution in [2.75, 3.05) is 0 Å². The lowest BCUT2D eigenvalue weighted by molar-refractivity contribution is 0.0292. The first-order valence-electron chi connectivity index (χ1n) is 5.09. The van der Waals surface area contributed by atoms with E-state index >= 15 is 0 Å². The maximum absolute atomic E-state index is 12.8. The lowest BCUT2D eigenvalue weighted by atomic mass is 9.93. The van der Waals surface area contributed by atoms with E-state index in [4.69, 9.17) is 5.73 Å². The average molecular weight is 226 g/mol. The van der Waals surface area contributed by atoms with Crippen LogP contribution in [0.5, 0.6) is 0 Å². The average Bonchev–Trinajstić information content (AvgIpc) is 2.11. The van der Waals surface area contributed by atoms with E-state index in [1.54, 1.807) is 9.24 Å². The van der Waals surface area contributed by atoms with Gasteiger partial charge in [-0.3, -0.25) is 5.32 Å². The first-order valence-corrected chi connectivity index (χ1v) is 5.67. The minimum atomic E-state index is -2.74. The summed E-state index contributed by atoms with van der Waals surface area (Å²) in [6.07, 6.45) is 0.962. The van der Waals surface area contributed by atoms with Crippen molar-refractivity contribution in [1.82, 2.24) is 5.32 Å². The summed E-state index contributed by atoms with van der Waals surface area (Å²) in [6.45, 7) is 5.97. The number of alkyl halides is 2. The molecule has 0 bridgehead atoms. The Morgan fingerprint density at radius 1 is 1.36 bits per heavy atom. The summed E-state index contributed by atoms with van der Waals surface area (Å²) < 4.78 is 25.5. The van der Waals surface area contributed by atoms with Crippen LogP contribution in [0.2, 0.25) is 0 Å². The standard InChI is InChI=1S/C7H15F2N2P.C2H6/c1-4-2-3-5(7(8,9)12)11-6(4)10;1-2/h4-6,11H,2-3,10,12H2,1H3;1-2H3. The Balaban J connectivity index is 0.000000791. The summed E-state index contributed by atoms with van der Waals surface area (Å²) >= 11 is 0. The zero-order chi connectivity index (χ0) is 11.4. The van der Waals surface area contributed by atoms with E-state index in [-0.39, 0.29) is 12.1 Å². The summed E-state index contributed by atoms with van der Waals surface area (Å²) in [4.78, 5) is 0. The van der Waals surface area contributed by atoms with Crippen molar-refractivity contribution < 1.29 is 8.78 Å². The number of piperidine rings is 1. The monoisotopic (exact) mass is 226 g/mol.